The van der Waals surface area contributed by atoms with Gasteiger partial charge in [-0.3, -0.25) is 4.18 Å². The molecule has 1 aromatic carbocycles. The van der Waals surface area contributed by atoms with Gasteiger partial charge in [-0.05, 0) is 18.2 Å². The van der Waals surface area contributed by atoms with Gasteiger partial charge in [0.1, 0.15) is 5.82 Å². The van der Waals surface area contributed by atoms with Crippen molar-refractivity contribution in [3.8, 4) is 17.5 Å². The summed E-state index contributed by atoms with van der Waals surface area (Å²) in [6.45, 7) is 1.40. The fourth-order valence-corrected chi connectivity index (χ4v) is 2.44. The Hall–Kier alpha value is -2.77. The molecule has 1 heterocycles. The van der Waals surface area contributed by atoms with Gasteiger partial charge in [0.25, 0.3) is 10.1 Å². The Morgan fingerprint density at radius 2 is 2.15 bits per heavy atom. The SMILES string of the molecule is CCC(=O)On1c(CCOS(C)(=O)=O)cnc1-c1ccc(C#N)cc1F. The molecule has 0 saturated heterocycles. The van der Waals surface area contributed by atoms with Gasteiger partial charge in [0.15, 0.2) is 5.82 Å². The molecule has 0 N–H and O–H groups in total. The normalized spacial score (nSPS) is 11.2. The number of aromatic nitrogens is 2. The van der Waals surface area contributed by atoms with Crippen LogP contribution in [-0.4, -0.2) is 37.0 Å². The van der Waals surface area contributed by atoms with Gasteiger partial charge in [0.05, 0.1) is 41.9 Å². The van der Waals surface area contributed by atoms with Crippen LogP contribution in [0.5, 0.6) is 0 Å². The molecule has 2 rings (SSSR count). The summed E-state index contributed by atoms with van der Waals surface area (Å²) >= 11 is 0. The highest BCUT2D eigenvalue weighted by atomic mass is 32.2. The standard InChI is InChI=1S/C16H16FN3O5S/c1-3-15(21)25-20-12(6-7-24-26(2,22)23)10-19-16(20)13-5-4-11(9-18)8-14(13)17/h4-5,8,10H,3,6-7H2,1-2H3. The van der Waals surface area contributed by atoms with Crippen LogP contribution in [0.25, 0.3) is 11.4 Å². The van der Waals surface area contributed by atoms with Gasteiger partial charge in [0.2, 0.25) is 0 Å². The number of benzene rings is 1. The maximum atomic E-state index is 14.3. The van der Waals surface area contributed by atoms with Crippen molar-refractivity contribution in [2.24, 2.45) is 0 Å². The van der Waals surface area contributed by atoms with Crippen LogP contribution in [0.4, 0.5) is 4.39 Å². The second kappa shape index (κ2) is 8.07. The maximum Gasteiger partial charge on any atom is 0.332 e. The van der Waals surface area contributed by atoms with Crippen molar-refractivity contribution in [1.29, 1.82) is 5.26 Å². The fourth-order valence-electron chi connectivity index (χ4n) is 2.05. The largest absolute Gasteiger partial charge is 0.335 e. The minimum Gasteiger partial charge on any atom is -0.335 e. The topological polar surface area (TPSA) is 111 Å². The summed E-state index contributed by atoms with van der Waals surface area (Å²) in [5.74, 6) is -1.27. The fraction of sp³-hybridized carbons (Fsp3) is 0.312. The zero-order valence-corrected chi connectivity index (χ0v) is 14.9. The summed E-state index contributed by atoms with van der Waals surface area (Å²) < 4.78 is 42.1. The van der Waals surface area contributed by atoms with Gasteiger partial charge in [-0.1, -0.05) is 6.92 Å². The third kappa shape index (κ3) is 4.87. The molecule has 26 heavy (non-hydrogen) atoms. The summed E-state index contributed by atoms with van der Waals surface area (Å²) in [6, 6.07) is 5.63. The molecule has 0 saturated carbocycles. The molecule has 0 unspecified atom stereocenters. The third-order valence-electron chi connectivity index (χ3n) is 3.27. The van der Waals surface area contributed by atoms with E-state index >= 15 is 0 Å². The number of carbonyl (C=O) groups is 1. The molecule has 1 aromatic heterocycles. The highest BCUT2D eigenvalue weighted by Crippen LogP contribution is 2.23. The van der Waals surface area contributed by atoms with Crippen LogP contribution in [-0.2, 0) is 25.5 Å². The van der Waals surface area contributed by atoms with Crippen molar-refractivity contribution in [1.82, 2.24) is 9.71 Å². The number of rotatable bonds is 7. The lowest BCUT2D eigenvalue weighted by Crippen LogP contribution is -2.22. The summed E-state index contributed by atoms with van der Waals surface area (Å²) in [6.07, 6.45) is 2.39. The van der Waals surface area contributed by atoms with E-state index < -0.39 is 21.9 Å². The predicted molar refractivity (Wildman–Crippen MR) is 88.7 cm³/mol. The van der Waals surface area contributed by atoms with Gasteiger partial charge >= 0.3 is 5.97 Å². The Labute approximate surface area is 149 Å². The minimum absolute atomic E-state index is 0.0168. The van der Waals surface area contributed by atoms with Crippen molar-refractivity contribution in [2.75, 3.05) is 12.9 Å². The molecule has 10 heteroatoms. The first-order valence-electron chi connectivity index (χ1n) is 7.57. The number of nitrogens with zero attached hydrogens (tertiary/aromatic N) is 3. The van der Waals surface area contributed by atoms with E-state index in [2.05, 4.69) is 9.17 Å². The number of imidazole rings is 1. The van der Waals surface area contributed by atoms with Gasteiger partial charge < -0.3 is 4.84 Å². The summed E-state index contributed by atoms with van der Waals surface area (Å²) in [5.41, 5.74) is 0.495. The lowest BCUT2D eigenvalue weighted by molar-refractivity contribution is -0.143. The van der Waals surface area contributed by atoms with Crippen molar-refractivity contribution >= 4 is 16.1 Å². The van der Waals surface area contributed by atoms with Gasteiger partial charge in [-0.2, -0.15) is 18.4 Å². The zero-order valence-electron chi connectivity index (χ0n) is 14.1. The predicted octanol–water partition coefficient (Wildman–Crippen LogP) is 1.44. The molecular formula is C16H16FN3O5S. The Morgan fingerprint density at radius 1 is 1.42 bits per heavy atom. The van der Waals surface area contributed by atoms with Crippen LogP contribution in [0.1, 0.15) is 24.6 Å². The molecule has 0 amide bonds. The van der Waals surface area contributed by atoms with E-state index in [-0.39, 0.29) is 36.4 Å². The quantitative estimate of drug-likeness (QED) is 0.667. The molecule has 8 nitrogen and oxygen atoms in total. The van der Waals surface area contributed by atoms with E-state index in [9.17, 15) is 17.6 Å². The lowest BCUT2D eigenvalue weighted by atomic mass is 10.1. The molecule has 138 valence electrons. The van der Waals surface area contributed by atoms with E-state index in [0.29, 0.717) is 5.69 Å². The molecule has 0 aliphatic carbocycles. The van der Waals surface area contributed by atoms with Crippen molar-refractivity contribution in [3.63, 3.8) is 0 Å². The molecule has 0 aliphatic rings. The highest BCUT2D eigenvalue weighted by Gasteiger charge is 2.19. The molecule has 0 radical (unpaired) electrons. The number of hydrogen-bond acceptors (Lipinski definition) is 7. The molecular weight excluding hydrogens is 365 g/mol. The molecule has 0 spiro atoms. The van der Waals surface area contributed by atoms with Crippen molar-refractivity contribution < 1.29 is 26.6 Å². The Morgan fingerprint density at radius 3 is 2.73 bits per heavy atom. The summed E-state index contributed by atoms with van der Waals surface area (Å²) in [7, 11) is -3.62. The molecule has 0 atom stereocenters. The van der Waals surface area contributed by atoms with E-state index in [4.69, 9.17) is 10.1 Å². The Bertz CT molecular complexity index is 963. The first-order valence-corrected chi connectivity index (χ1v) is 9.39. The monoisotopic (exact) mass is 381 g/mol. The molecule has 0 fully saturated rings. The third-order valence-corrected chi connectivity index (χ3v) is 3.86. The Balaban J connectivity index is 2.40. The first kappa shape index (κ1) is 19.6. The van der Waals surface area contributed by atoms with E-state index in [1.807, 2.05) is 6.07 Å². The van der Waals surface area contributed by atoms with Crippen LogP contribution in [0.15, 0.2) is 24.4 Å². The maximum absolute atomic E-state index is 14.3. The molecule has 0 bridgehead atoms. The van der Waals surface area contributed by atoms with Gasteiger partial charge in [-0.25, -0.2) is 14.2 Å². The van der Waals surface area contributed by atoms with Crippen molar-refractivity contribution in [2.45, 2.75) is 19.8 Å². The smallest absolute Gasteiger partial charge is 0.332 e. The molecule has 2 aromatic rings. The average Bonchev–Trinajstić information content (AvgIpc) is 2.96. The number of nitriles is 1. The van der Waals surface area contributed by atoms with E-state index in [1.165, 1.54) is 18.3 Å². The molecule has 0 aliphatic heterocycles. The van der Waals surface area contributed by atoms with Crippen LogP contribution in [0, 0.1) is 17.1 Å². The number of carbonyl (C=O) groups excluding carboxylic acids is 1. The second-order valence-electron chi connectivity index (χ2n) is 5.27. The van der Waals surface area contributed by atoms with Gasteiger partial charge in [0, 0.05) is 12.8 Å². The van der Waals surface area contributed by atoms with Crippen LogP contribution < -0.4 is 4.84 Å². The summed E-state index contributed by atoms with van der Waals surface area (Å²) in [4.78, 5) is 21.0. The van der Waals surface area contributed by atoms with E-state index in [0.717, 1.165) is 17.1 Å². The highest BCUT2D eigenvalue weighted by molar-refractivity contribution is 7.85. The van der Waals surface area contributed by atoms with E-state index in [1.54, 1.807) is 6.92 Å². The number of halogens is 1. The Kier molecular flexibility index (Phi) is 6.07. The zero-order chi connectivity index (χ0) is 19.3. The van der Waals surface area contributed by atoms with Crippen molar-refractivity contribution in [3.05, 3.63) is 41.5 Å². The average molecular weight is 381 g/mol. The second-order valence-corrected chi connectivity index (χ2v) is 6.91. The summed E-state index contributed by atoms with van der Waals surface area (Å²) in [5, 5.41) is 8.83. The van der Waals surface area contributed by atoms with Crippen LogP contribution >= 0.6 is 0 Å². The van der Waals surface area contributed by atoms with Gasteiger partial charge in [-0.15, -0.1) is 0 Å². The van der Waals surface area contributed by atoms with Crippen LogP contribution in [0.2, 0.25) is 0 Å². The number of hydrogen-bond donors (Lipinski definition) is 0. The lowest BCUT2D eigenvalue weighted by Gasteiger charge is -2.11. The van der Waals surface area contributed by atoms with Crippen LogP contribution in [0.3, 0.4) is 0 Å². The minimum atomic E-state index is -3.62. The first-order chi connectivity index (χ1) is 12.2.